The zero-order valence-corrected chi connectivity index (χ0v) is 67.7. The average molecular weight is 1580 g/mol. The summed E-state index contributed by atoms with van der Waals surface area (Å²) in [6.45, 7) is 5.56. The number of unbranched alkanes of at least 4 members (excludes halogenated alkanes) is 2. The van der Waals surface area contributed by atoms with Gasteiger partial charge >= 0.3 is 59.1 Å². The minimum absolute atomic E-state index is 0. The van der Waals surface area contributed by atoms with Gasteiger partial charge in [0.05, 0.1) is 61.2 Å². The van der Waals surface area contributed by atoms with Gasteiger partial charge in [0.2, 0.25) is 0 Å². The Morgan fingerprint density at radius 3 is 1.04 bits per heavy atom. The van der Waals surface area contributed by atoms with Crippen LogP contribution in [-0.4, -0.2) is 66.9 Å². The summed E-state index contributed by atoms with van der Waals surface area (Å²) < 4.78 is 11.1. The molecule has 532 valence electrons. The topological polar surface area (TPSA) is 252 Å². The summed E-state index contributed by atoms with van der Waals surface area (Å²) >= 11 is 31.4. The van der Waals surface area contributed by atoms with Crippen LogP contribution in [0.1, 0.15) is 152 Å². The first-order valence-corrected chi connectivity index (χ1v) is 36.1. The number of ether oxygens (including phenoxy) is 2. The van der Waals surface area contributed by atoms with Gasteiger partial charge in [0, 0.05) is 92.1 Å². The second-order valence-electron chi connectivity index (χ2n) is 23.0. The van der Waals surface area contributed by atoms with Crippen LogP contribution in [0.2, 0.25) is 20.1 Å². The van der Waals surface area contributed by atoms with Gasteiger partial charge in [-0.15, -0.1) is 12.6 Å². The molecule has 0 atom stereocenters. The van der Waals surface area contributed by atoms with Crippen LogP contribution in [0, 0.1) is 0 Å². The van der Waals surface area contributed by atoms with Crippen LogP contribution in [0.4, 0.5) is 17.1 Å². The normalized spacial score (nSPS) is 11.6. The molecule has 3 aliphatic carbocycles. The van der Waals surface area contributed by atoms with Gasteiger partial charge in [-0.3, -0.25) is 43.3 Å². The summed E-state index contributed by atoms with van der Waals surface area (Å²) in [4.78, 5) is 107. The maximum absolute atomic E-state index is 13.3. The van der Waals surface area contributed by atoms with E-state index in [4.69, 9.17) is 77.4 Å². The summed E-state index contributed by atoms with van der Waals surface area (Å²) in [5.41, 5.74) is 19.1. The third-order valence-electron chi connectivity index (χ3n) is 15.8. The Hall–Kier alpha value is -8.38. The van der Waals surface area contributed by atoms with Crippen LogP contribution in [0.25, 0.3) is 0 Å². The molecule has 0 saturated heterocycles. The molecule has 0 radical (unpaired) electrons. The molecule has 0 aromatic heterocycles. The number of halogens is 4. The number of ketones is 6. The second-order valence-corrected chi connectivity index (χ2v) is 27.3. The summed E-state index contributed by atoms with van der Waals surface area (Å²) in [5, 5.41) is 9.61. The molecule has 0 saturated carbocycles. The molecule has 0 fully saturated rings. The average Bonchev–Trinajstić information content (AvgIpc) is 0.760. The number of aldehydes is 1. The number of hydrogen-bond donors (Lipinski definition) is 3. The predicted octanol–water partition coefficient (Wildman–Crippen LogP) is 13.6. The third-order valence-corrected chi connectivity index (χ3v) is 19.5. The molecule has 0 amide bonds. The van der Waals surface area contributed by atoms with Crippen molar-refractivity contribution in [2.75, 3.05) is 24.7 Å². The summed E-state index contributed by atoms with van der Waals surface area (Å²) in [5.74, 6) is 0.392. The summed E-state index contributed by atoms with van der Waals surface area (Å²) in [7, 11) is 0. The molecule has 3 aliphatic rings. The Bertz CT molecular complexity index is 4980. The SMILES string of the molecule is CCCCOc1ccc(C=Nc2ccc(Sc3cccc4c3C(=O)c3cccc(Cl)c3C4=O)cc2)cc1.CCCCOc1ccc(C=O)cc1.Nc1ccc(S)cc1.Nc1ccc(Sc2cccc3c2C(=O)c2cccc(Cl)c2C3=O)cc1.O=C1c2cccc(Cl)c2C(=O)c2cccc(Cl)c21.O=CO[O-].[H-].[Na+].[Na+]. The predicted molar refractivity (Wildman–Crippen MR) is 418 cm³/mol. The van der Waals surface area contributed by atoms with E-state index in [1.165, 1.54) is 23.5 Å². The monoisotopic (exact) mass is 1580 g/mol. The van der Waals surface area contributed by atoms with E-state index in [-0.39, 0.29) is 134 Å². The smallest absolute Gasteiger partial charge is 1.00 e. The summed E-state index contributed by atoms with van der Waals surface area (Å²) in [6, 6.07) is 67.8. The van der Waals surface area contributed by atoms with Gasteiger partial charge in [0.25, 0.3) is 6.47 Å². The van der Waals surface area contributed by atoms with Crippen molar-refractivity contribution in [3.05, 3.63) is 329 Å². The first kappa shape index (κ1) is 85.9. The molecule has 4 N–H and O–H groups in total. The third kappa shape index (κ3) is 22.4. The van der Waals surface area contributed by atoms with E-state index in [1.54, 1.807) is 121 Å². The first-order chi connectivity index (χ1) is 50.8. The van der Waals surface area contributed by atoms with Crippen molar-refractivity contribution in [3.63, 3.8) is 0 Å². The number of fused-ring (bicyclic) bond motifs is 6. The number of carbonyl (C=O) groups excluding carboxylic acids is 8. The van der Waals surface area contributed by atoms with Gasteiger partial charge in [0.1, 0.15) is 17.8 Å². The maximum Gasteiger partial charge on any atom is 1.00 e. The van der Waals surface area contributed by atoms with Crippen LogP contribution < -0.4 is 85.3 Å². The van der Waals surface area contributed by atoms with Crippen LogP contribution in [-0.2, 0) is 9.68 Å². The summed E-state index contributed by atoms with van der Waals surface area (Å²) in [6.07, 6.45) is 6.99. The van der Waals surface area contributed by atoms with E-state index < -0.39 is 0 Å². The van der Waals surface area contributed by atoms with Crippen LogP contribution in [0.15, 0.2) is 260 Å². The van der Waals surface area contributed by atoms with Crippen LogP contribution >= 0.6 is 82.6 Å². The van der Waals surface area contributed by atoms with E-state index in [2.05, 4.69) is 36.4 Å². The minimum atomic E-state index is -0.257. The number of benzene rings is 11. The molecule has 15 nitrogen and oxygen atoms in total. The van der Waals surface area contributed by atoms with Crippen molar-refractivity contribution in [2.45, 2.75) is 64.0 Å². The molecule has 0 heterocycles. The fourth-order valence-electron chi connectivity index (χ4n) is 10.6. The van der Waals surface area contributed by atoms with E-state index >= 15 is 0 Å². The van der Waals surface area contributed by atoms with Crippen molar-refractivity contribution >= 4 is 153 Å². The Kier molecular flexibility index (Phi) is 34.0. The first-order valence-electron chi connectivity index (χ1n) is 32.5. The molecule has 0 unspecified atom stereocenters. The molecule has 11 aromatic rings. The number of nitrogens with two attached hydrogens (primary N) is 2. The standard InChI is InChI=1S/C31H24ClNO3S.C20H12ClNO2S.C14H6Cl2O2.C11H14O2.C6H7NS.CH2O3.2Na.H/c1-2-3-18-36-22-14-10-20(11-15-22)19-33-21-12-16-23(17-13-21)37-27-9-5-7-25-29(27)31(35)24-6-4-8-26(32)28(24)30(25)34;21-15-5-1-3-13-17(15)19(23)14-4-2-6-16(18(14)20(13)24)25-12-9-7-11(22)8-10-12;15-9-5-1-3-7-11(9)14(18)8-4-2-6-10(16)12(8)13(7)17;1-2-3-8-13-11-6-4-10(9-12)5-7-11;7-5-1-3-6(8)4-2-5;2-1-4-3;;;/h4-17,19H,2-3,18H2,1H3;1-10H,22H2;1-6H;4-7,9H,2-3,8H2,1H3;1-4,8H,7H2;1,3H;;;/q;;;;;;2*+1;-1/p-1. The van der Waals surface area contributed by atoms with Crippen molar-refractivity contribution in [1.29, 1.82) is 0 Å². The van der Waals surface area contributed by atoms with Gasteiger partial charge in [-0.25, -0.2) is 0 Å². The quantitative estimate of drug-likeness (QED) is 0.0119. The van der Waals surface area contributed by atoms with Gasteiger partial charge < -0.3 is 32.5 Å². The van der Waals surface area contributed by atoms with Crippen molar-refractivity contribution in [2.24, 2.45) is 4.99 Å². The van der Waals surface area contributed by atoms with E-state index in [9.17, 15) is 33.6 Å². The second kappa shape index (κ2) is 42.4. The number of carbonyl (C=O) groups is 8. The van der Waals surface area contributed by atoms with Crippen molar-refractivity contribution in [1.82, 2.24) is 0 Å². The Morgan fingerprint density at radius 1 is 0.421 bits per heavy atom. The molecule has 24 heteroatoms. The number of hydrogen-bond acceptors (Lipinski definition) is 18. The number of aliphatic imine (C=N–C) groups is 1. The van der Waals surface area contributed by atoms with Gasteiger partial charge in [-0.1, -0.05) is 169 Å². The molecular formula is C83H65Cl4N3Na2O12S3. The van der Waals surface area contributed by atoms with Crippen LogP contribution in [0.3, 0.4) is 0 Å². The number of thiol groups is 1. The van der Waals surface area contributed by atoms with E-state index in [0.717, 1.165) is 98.1 Å². The Balaban J connectivity index is 0.000000223. The number of nitrogen functional groups attached to an aromatic ring is 2. The molecule has 0 aliphatic heterocycles. The Labute approximate surface area is 698 Å². The number of rotatable bonds is 16. The molecule has 0 bridgehead atoms. The van der Waals surface area contributed by atoms with Crippen molar-refractivity contribution < 1.29 is 119 Å². The Morgan fingerprint density at radius 2 is 0.720 bits per heavy atom. The molecule has 107 heavy (non-hydrogen) atoms. The van der Waals surface area contributed by atoms with Gasteiger partial charge in [-0.05, 0) is 176 Å². The van der Waals surface area contributed by atoms with E-state index in [0.29, 0.717) is 65.8 Å². The largest absolute Gasteiger partial charge is 1.00 e. The van der Waals surface area contributed by atoms with Gasteiger partial charge in [-0.2, -0.15) is 0 Å². The van der Waals surface area contributed by atoms with Crippen LogP contribution in [0.5, 0.6) is 11.5 Å². The maximum atomic E-state index is 13.3. The van der Waals surface area contributed by atoms with Crippen molar-refractivity contribution in [3.8, 4) is 11.5 Å². The number of nitrogens with zero attached hydrogens (tertiary/aromatic N) is 1. The molecule has 0 spiro atoms. The van der Waals surface area contributed by atoms with E-state index in [1.807, 2.05) is 115 Å². The fourth-order valence-corrected chi connectivity index (χ4v) is 13.8. The molecule has 14 rings (SSSR count). The molecule has 11 aromatic carbocycles. The zero-order chi connectivity index (χ0) is 75.1. The minimum Gasteiger partial charge on any atom is -1.00 e. The fraction of sp³-hybridized carbons (Fsp3) is 0.0964. The zero-order valence-electron chi connectivity index (χ0n) is 59.2. The number of anilines is 2. The molecular weight excluding hydrogens is 1510 g/mol. The van der Waals surface area contributed by atoms with Gasteiger partial charge in [0.15, 0.2) is 34.7 Å².